The number of aliphatic carboxylic acids is 1. The summed E-state index contributed by atoms with van der Waals surface area (Å²) in [6.07, 6.45) is 2.24. The molecule has 0 radical (unpaired) electrons. The molecule has 4 atom stereocenters. The van der Waals surface area contributed by atoms with Gasteiger partial charge in [0.25, 0.3) is 0 Å². The molecule has 1 aromatic carbocycles. The van der Waals surface area contributed by atoms with E-state index in [1.165, 1.54) is 6.92 Å². The van der Waals surface area contributed by atoms with Gasteiger partial charge in [-0.15, -0.1) is 0 Å². The summed E-state index contributed by atoms with van der Waals surface area (Å²) in [5.41, 5.74) is 1.02. The molecule has 0 aromatic heterocycles. The van der Waals surface area contributed by atoms with Gasteiger partial charge in [0.1, 0.15) is 0 Å². The quantitative estimate of drug-likeness (QED) is 0.515. The predicted molar refractivity (Wildman–Crippen MR) is 120 cm³/mol. The monoisotopic (exact) mass is 476 g/mol. The minimum atomic E-state index is -4.23. The van der Waals surface area contributed by atoms with E-state index >= 15 is 0 Å². The van der Waals surface area contributed by atoms with Gasteiger partial charge in [0.15, 0.2) is 0 Å². The zero-order chi connectivity index (χ0) is 22.6. The van der Waals surface area contributed by atoms with Crippen LogP contribution in [0, 0.1) is 17.8 Å². The number of carboxylic acid groups (broad SMARTS) is 1. The number of halogens is 4. The molecule has 0 saturated heterocycles. The maximum atomic E-state index is 13.4. The summed E-state index contributed by atoms with van der Waals surface area (Å²) in [6, 6.07) is 7.43. The molecule has 3 rings (SSSR count). The minimum Gasteiger partial charge on any atom is -0.550 e. The second kappa shape index (κ2) is 11.7. The predicted octanol–water partition coefficient (Wildman–Crippen LogP) is 5.80. The summed E-state index contributed by atoms with van der Waals surface area (Å²) in [4.78, 5) is 13.3. The van der Waals surface area contributed by atoms with Crippen molar-refractivity contribution in [2.45, 2.75) is 76.4 Å². The highest BCUT2D eigenvalue weighted by atomic mass is 35.5. The smallest absolute Gasteiger partial charge is 0.392 e. The molecule has 8 heteroatoms. The van der Waals surface area contributed by atoms with Crippen LogP contribution in [0.25, 0.3) is 0 Å². The Morgan fingerprint density at radius 3 is 2.31 bits per heavy atom. The lowest BCUT2D eigenvalue weighted by atomic mass is 9.72. The van der Waals surface area contributed by atoms with Crippen molar-refractivity contribution in [3.63, 3.8) is 0 Å². The Bertz CT molecular complexity index is 723. The van der Waals surface area contributed by atoms with E-state index in [1.807, 2.05) is 12.1 Å². The third-order valence-corrected chi connectivity index (χ3v) is 7.43. The molecular weight excluding hydrogens is 441 g/mol. The highest BCUT2D eigenvalue weighted by Gasteiger charge is 2.41. The molecule has 0 heterocycles. The number of hydrogen-bond acceptors (Lipinski definition) is 3. The van der Waals surface area contributed by atoms with Crippen LogP contribution in [-0.2, 0) is 4.79 Å². The van der Waals surface area contributed by atoms with Gasteiger partial charge in [0.05, 0.1) is 5.92 Å². The van der Waals surface area contributed by atoms with Gasteiger partial charge < -0.3 is 16.1 Å². The summed E-state index contributed by atoms with van der Waals surface area (Å²) in [7, 11) is 0. The molecule has 0 aliphatic heterocycles. The van der Waals surface area contributed by atoms with Crippen molar-refractivity contribution in [1.82, 2.24) is 11.1 Å². The van der Waals surface area contributed by atoms with Gasteiger partial charge in [0.2, 0.25) is 0 Å². The lowest BCUT2D eigenvalue weighted by Gasteiger charge is -2.45. The van der Waals surface area contributed by atoms with Gasteiger partial charge >= 0.3 is 6.18 Å². The van der Waals surface area contributed by atoms with Crippen LogP contribution in [0.15, 0.2) is 24.3 Å². The molecule has 2 saturated carbocycles. The molecular formula is C24H36ClF3N2O2. The molecule has 2 aliphatic carbocycles. The lowest BCUT2D eigenvalue weighted by molar-refractivity contribution is -0.307. The molecule has 0 spiro atoms. The second-order valence-electron chi connectivity index (χ2n) is 9.53. The molecule has 0 amide bonds. The van der Waals surface area contributed by atoms with E-state index in [9.17, 15) is 23.1 Å². The van der Waals surface area contributed by atoms with Crippen LogP contribution in [0.4, 0.5) is 13.2 Å². The first kappa shape index (κ1) is 26.9. The number of carbonyl (C=O) groups is 1. The van der Waals surface area contributed by atoms with Crippen molar-refractivity contribution in [1.29, 1.82) is 0 Å². The summed E-state index contributed by atoms with van der Waals surface area (Å²) in [5, 5.41) is 11.8. The molecule has 0 bridgehead atoms. The first-order chi connectivity index (χ1) is 14.6. The van der Waals surface area contributed by atoms with Crippen molar-refractivity contribution < 1.29 is 23.1 Å². The van der Waals surface area contributed by atoms with Gasteiger partial charge in [-0.25, -0.2) is 0 Å². The van der Waals surface area contributed by atoms with Gasteiger partial charge in [-0.3, -0.25) is 4.90 Å². The van der Waals surface area contributed by atoms with E-state index in [4.69, 9.17) is 11.6 Å². The van der Waals surface area contributed by atoms with E-state index in [0.717, 1.165) is 31.2 Å². The van der Waals surface area contributed by atoms with E-state index in [2.05, 4.69) is 4.90 Å². The topological polar surface area (TPSA) is 79.9 Å². The van der Waals surface area contributed by atoms with Gasteiger partial charge in [0, 0.05) is 30.1 Å². The number of carbonyl (C=O) groups excluding carboxylic acids is 1. The highest BCUT2D eigenvalue weighted by molar-refractivity contribution is 6.30. The number of nitrogens with zero attached hydrogens (tertiary/aromatic N) is 1. The Kier molecular flexibility index (Phi) is 9.85. The average molecular weight is 477 g/mol. The Balaban J connectivity index is 0.00000363. The number of benzene rings is 1. The fourth-order valence-corrected chi connectivity index (χ4v) is 5.62. The van der Waals surface area contributed by atoms with Gasteiger partial charge in [-0.2, -0.15) is 13.2 Å². The summed E-state index contributed by atoms with van der Waals surface area (Å²) in [5.74, 6) is -2.06. The van der Waals surface area contributed by atoms with Crippen LogP contribution in [0.2, 0.25) is 5.02 Å². The molecule has 4 N–H and O–H groups in total. The lowest BCUT2D eigenvalue weighted by Crippen LogP contribution is -2.48. The van der Waals surface area contributed by atoms with Crippen molar-refractivity contribution in [2.24, 2.45) is 17.8 Å². The third kappa shape index (κ3) is 7.35. The average Bonchev–Trinajstić information content (AvgIpc) is 3.20. The standard InChI is InChI=1S/C24H33ClF3NO2.H3N/c1-16(24(26,27)28)14-29(15-17-4-2-3-5-17)22-11-6-18(13-23(30)31)12-21(22)19-7-9-20(25)10-8-19;/h7-10,16-18,21-22H,2-6,11-15H2,1H3,(H,30,31);1H3/t16?,18-,21+,22-;/m1./s1. The van der Waals surface area contributed by atoms with Crippen LogP contribution >= 0.6 is 11.6 Å². The molecule has 2 fully saturated rings. The number of quaternary nitrogens is 1. The fourth-order valence-electron chi connectivity index (χ4n) is 5.49. The number of rotatable bonds is 8. The van der Waals surface area contributed by atoms with Crippen LogP contribution in [0.1, 0.15) is 69.8 Å². The maximum Gasteiger partial charge on any atom is 0.392 e. The van der Waals surface area contributed by atoms with Crippen molar-refractivity contribution in [2.75, 3.05) is 13.1 Å². The van der Waals surface area contributed by atoms with Gasteiger partial charge in [-0.1, -0.05) is 43.5 Å². The van der Waals surface area contributed by atoms with Crippen molar-refractivity contribution >= 4 is 17.6 Å². The van der Waals surface area contributed by atoms with E-state index in [0.29, 0.717) is 36.7 Å². The van der Waals surface area contributed by atoms with Crippen LogP contribution in [-0.4, -0.2) is 36.2 Å². The maximum absolute atomic E-state index is 13.4. The second-order valence-corrected chi connectivity index (χ2v) is 9.96. The highest BCUT2D eigenvalue weighted by Crippen LogP contribution is 2.42. The molecule has 182 valence electrons. The van der Waals surface area contributed by atoms with E-state index < -0.39 is 18.1 Å². The fraction of sp³-hybridized carbons (Fsp3) is 0.708. The van der Waals surface area contributed by atoms with Crippen LogP contribution in [0.3, 0.4) is 0 Å². The Hall–Kier alpha value is -1.31. The van der Waals surface area contributed by atoms with Crippen LogP contribution < -0.4 is 11.3 Å². The van der Waals surface area contributed by atoms with E-state index in [1.54, 1.807) is 12.1 Å². The molecule has 1 unspecified atom stereocenters. The Morgan fingerprint density at radius 2 is 1.75 bits per heavy atom. The van der Waals surface area contributed by atoms with Crippen LogP contribution in [0.5, 0.6) is 0 Å². The first-order valence-electron chi connectivity index (χ1n) is 11.4. The molecule has 2 aliphatic rings. The zero-order valence-electron chi connectivity index (χ0n) is 19.0. The molecule has 4 nitrogen and oxygen atoms in total. The summed E-state index contributed by atoms with van der Waals surface area (Å²) >= 11 is 6.06. The summed E-state index contributed by atoms with van der Waals surface area (Å²) in [6.45, 7) is 1.93. The largest absolute Gasteiger partial charge is 0.550 e. The molecule has 1 aromatic rings. The number of hydrogen-bond donors (Lipinski definition) is 1. The zero-order valence-corrected chi connectivity index (χ0v) is 19.8. The van der Waals surface area contributed by atoms with E-state index in [-0.39, 0.29) is 37.0 Å². The first-order valence-corrected chi connectivity index (χ1v) is 11.8. The number of carboxylic acids is 1. The van der Waals surface area contributed by atoms with Crippen molar-refractivity contribution in [3.8, 4) is 0 Å². The Morgan fingerprint density at radius 1 is 1.12 bits per heavy atom. The Labute approximate surface area is 194 Å². The normalized spacial score (nSPS) is 25.5. The summed E-state index contributed by atoms with van der Waals surface area (Å²) < 4.78 is 40.3. The minimum absolute atomic E-state index is 0. The number of alkyl halides is 3. The SMILES string of the molecule is CC(CN(CC1CCCC1)[C@@H]1CC[C@@H](CC(=O)[O-])C[C@H]1c1ccc(Cl)cc1)C(F)(F)F.[NH4+]. The van der Waals surface area contributed by atoms with Gasteiger partial charge in [-0.05, 0) is 74.0 Å². The third-order valence-electron chi connectivity index (χ3n) is 7.18. The van der Waals surface area contributed by atoms with Crippen molar-refractivity contribution in [3.05, 3.63) is 34.9 Å². The molecule has 32 heavy (non-hydrogen) atoms.